The summed E-state index contributed by atoms with van der Waals surface area (Å²) >= 11 is 0. The number of nitrogens with zero attached hydrogens (tertiary/aromatic N) is 4. The van der Waals surface area contributed by atoms with Crippen LogP contribution in [0.15, 0.2) is 30.7 Å². The number of fused-ring (bicyclic) bond motifs is 1. The van der Waals surface area contributed by atoms with Crippen LogP contribution in [-0.4, -0.2) is 19.7 Å². The maximum atomic E-state index is 5.83. The Morgan fingerprint density at radius 3 is 2.89 bits per heavy atom. The fourth-order valence-electron chi connectivity index (χ4n) is 1.91. The lowest BCUT2D eigenvalue weighted by molar-refractivity contribution is 0.464. The molecule has 96 valence electrons. The third-order valence-electron chi connectivity index (χ3n) is 2.90. The summed E-state index contributed by atoms with van der Waals surface area (Å²) in [5, 5.41) is 4.93. The van der Waals surface area contributed by atoms with Crippen molar-refractivity contribution in [1.29, 1.82) is 0 Å². The minimum atomic E-state index is 0.492. The number of nitrogen functional groups attached to an aromatic ring is 1. The summed E-state index contributed by atoms with van der Waals surface area (Å²) in [5.74, 6) is 1.21. The smallest absolute Gasteiger partial charge is 0.233 e. The van der Waals surface area contributed by atoms with E-state index in [1.165, 1.54) is 6.33 Å². The summed E-state index contributed by atoms with van der Waals surface area (Å²) in [5.41, 5.74) is 8.12. The molecule has 0 bridgehead atoms. The molecule has 2 N–H and O–H groups in total. The summed E-state index contributed by atoms with van der Waals surface area (Å²) in [6.45, 7) is 1.94. The van der Waals surface area contributed by atoms with Crippen LogP contribution in [0.25, 0.3) is 11.0 Å². The number of hydrogen-bond acceptors (Lipinski definition) is 5. The molecule has 0 aliphatic rings. The van der Waals surface area contributed by atoms with E-state index in [1.54, 1.807) is 16.9 Å². The first-order chi connectivity index (χ1) is 9.15. The van der Waals surface area contributed by atoms with Gasteiger partial charge in [0, 0.05) is 12.7 Å². The minimum absolute atomic E-state index is 0.492. The van der Waals surface area contributed by atoms with Crippen molar-refractivity contribution < 1.29 is 4.74 Å². The van der Waals surface area contributed by atoms with Gasteiger partial charge in [-0.1, -0.05) is 0 Å². The lowest BCUT2D eigenvalue weighted by Gasteiger charge is -2.08. The van der Waals surface area contributed by atoms with Crippen LogP contribution >= 0.6 is 0 Å². The molecule has 0 radical (unpaired) electrons. The molecule has 0 atom stereocenters. The van der Waals surface area contributed by atoms with Crippen LogP contribution in [0, 0.1) is 6.92 Å². The van der Waals surface area contributed by atoms with Crippen molar-refractivity contribution in [3.63, 3.8) is 0 Å². The summed E-state index contributed by atoms with van der Waals surface area (Å²) in [4.78, 5) is 8.33. The molecular formula is C13H13N5O. The molecule has 2 aromatic heterocycles. The predicted octanol–water partition coefficient (Wildman–Crippen LogP) is 2.05. The maximum Gasteiger partial charge on any atom is 0.233 e. The zero-order chi connectivity index (χ0) is 13.4. The SMILES string of the molecule is Cc1cc(N)ccc1Oc1ncnc2c1cnn2C. The average Bonchev–Trinajstić information content (AvgIpc) is 2.76. The van der Waals surface area contributed by atoms with Gasteiger partial charge in [0.25, 0.3) is 0 Å². The lowest BCUT2D eigenvalue weighted by atomic mass is 10.2. The van der Waals surface area contributed by atoms with E-state index in [0.717, 1.165) is 22.3 Å². The topological polar surface area (TPSA) is 78.8 Å². The van der Waals surface area contributed by atoms with E-state index >= 15 is 0 Å². The van der Waals surface area contributed by atoms with Crippen LogP contribution in [-0.2, 0) is 7.05 Å². The van der Waals surface area contributed by atoms with E-state index in [2.05, 4.69) is 15.1 Å². The van der Waals surface area contributed by atoms with Crippen LogP contribution in [0.2, 0.25) is 0 Å². The Morgan fingerprint density at radius 1 is 1.26 bits per heavy atom. The molecule has 2 heterocycles. The van der Waals surface area contributed by atoms with Crippen molar-refractivity contribution in [1.82, 2.24) is 19.7 Å². The van der Waals surface area contributed by atoms with E-state index in [4.69, 9.17) is 10.5 Å². The molecule has 0 aliphatic carbocycles. The fraction of sp³-hybridized carbons (Fsp3) is 0.154. The summed E-state index contributed by atoms with van der Waals surface area (Å²) in [6.07, 6.45) is 3.16. The van der Waals surface area contributed by atoms with E-state index in [0.29, 0.717) is 11.6 Å². The molecule has 6 heteroatoms. The number of anilines is 1. The summed E-state index contributed by atoms with van der Waals surface area (Å²) < 4.78 is 7.51. The highest BCUT2D eigenvalue weighted by molar-refractivity contribution is 5.80. The van der Waals surface area contributed by atoms with Crippen LogP contribution in [0.1, 0.15) is 5.56 Å². The van der Waals surface area contributed by atoms with Crippen molar-refractivity contribution in [2.24, 2.45) is 7.05 Å². The standard InChI is InChI=1S/C13H13N5O/c1-8-5-9(14)3-4-11(8)19-13-10-6-17-18(2)12(10)15-7-16-13/h3-7H,14H2,1-2H3. The second kappa shape index (κ2) is 4.24. The number of benzene rings is 1. The summed E-state index contributed by atoms with van der Waals surface area (Å²) in [7, 11) is 1.83. The minimum Gasteiger partial charge on any atom is -0.438 e. The molecular weight excluding hydrogens is 242 g/mol. The lowest BCUT2D eigenvalue weighted by Crippen LogP contribution is -1.95. The first-order valence-electron chi connectivity index (χ1n) is 5.82. The van der Waals surface area contributed by atoms with Crippen molar-refractivity contribution in [2.45, 2.75) is 6.92 Å². The molecule has 1 aromatic carbocycles. The monoisotopic (exact) mass is 255 g/mol. The van der Waals surface area contributed by atoms with Gasteiger partial charge < -0.3 is 10.5 Å². The molecule has 3 aromatic rings. The summed E-state index contributed by atoms with van der Waals surface area (Å²) in [6, 6.07) is 5.48. The van der Waals surface area contributed by atoms with Crippen LogP contribution in [0.4, 0.5) is 5.69 Å². The van der Waals surface area contributed by atoms with Gasteiger partial charge >= 0.3 is 0 Å². The van der Waals surface area contributed by atoms with Gasteiger partial charge in [-0.25, -0.2) is 9.97 Å². The van der Waals surface area contributed by atoms with Crippen LogP contribution in [0.5, 0.6) is 11.6 Å². The van der Waals surface area contributed by atoms with Crippen molar-refractivity contribution in [3.8, 4) is 11.6 Å². The van der Waals surface area contributed by atoms with Gasteiger partial charge in [0.1, 0.15) is 17.5 Å². The van der Waals surface area contributed by atoms with Gasteiger partial charge in [0.05, 0.1) is 6.20 Å². The fourth-order valence-corrected chi connectivity index (χ4v) is 1.91. The zero-order valence-electron chi connectivity index (χ0n) is 10.7. The molecule has 19 heavy (non-hydrogen) atoms. The average molecular weight is 255 g/mol. The quantitative estimate of drug-likeness (QED) is 0.709. The van der Waals surface area contributed by atoms with E-state index in [1.807, 2.05) is 26.1 Å². The molecule has 0 unspecified atom stereocenters. The van der Waals surface area contributed by atoms with Gasteiger partial charge in [-0.05, 0) is 30.7 Å². The zero-order valence-corrected chi connectivity index (χ0v) is 10.7. The van der Waals surface area contributed by atoms with Gasteiger partial charge in [-0.2, -0.15) is 5.10 Å². The Morgan fingerprint density at radius 2 is 2.11 bits per heavy atom. The molecule has 0 saturated carbocycles. The highest BCUT2D eigenvalue weighted by atomic mass is 16.5. The molecule has 6 nitrogen and oxygen atoms in total. The number of rotatable bonds is 2. The second-order valence-electron chi connectivity index (χ2n) is 4.31. The van der Waals surface area contributed by atoms with Crippen molar-refractivity contribution >= 4 is 16.7 Å². The largest absolute Gasteiger partial charge is 0.438 e. The molecule has 0 saturated heterocycles. The predicted molar refractivity (Wildman–Crippen MR) is 72.0 cm³/mol. The van der Waals surface area contributed by atoms with Gasteiger partial charge in [-0.3, -0.25) is 4.68 Å². The number of nitrogens with two attached hydrogens (primary N) is 1. The normalized spacial score (nSPS) is 10.8. The Kier molecular flexibility index (Phi) is 2.56. The number of aryl methyl sites for hydroxylation is 2. The number of aromatic nitrogens is 4. The first kappa shape index (κ1) is 11.5. The third kappa shape index (κ3) is 1.97. The number of ether oxygens (including phenoxy) is 1. The second-order valence-corrected chi connectivity index (χ2v) is 4.31. The van der Waals surface area contributed by atoms with Crippen molar-refractivity contribution in [3.05, 3.63) is 36.3 Å². The molecule has 0 spiro atoms. The first-order valence-corrected chi connectivity index (χ1v) is 5.82. The Hall–Kier alpha value is -2.63. The van der Waals surface area contributed by atoms with E-state index < -0.39 is 0 Å². The Bertz CT molecular complexity index is 750. The molecule has 3 rings (SSSR count). The Labute approximate surface area is 109 Å². The van der Waals surface area contributed by atoms with Crippen LogP contribution in [0.3, 0.4) is 0 Å². The maximum absolute atomic E-state index is 5.83. The Balaban J connectivity index is 2.06. The van der Waals surface area contributed by atoms with Crippen molar-refractivity contribution in [2.75, 3.05) is 5.73 Å². The van der Waals surface area contributed by atoms with Gasteiger partial charge in [-0.15, -0.1) is 0 Å². The van der Waals surface area contributed by atoms with Crippen LogP contribution < -0.4 is 10.5 Å². The molecule has 0 fully saturated rings. The molecule has 0 amide bonds. The highest BCUT2D eigenvalue weighted by Gasteiger charge is 2.10. The van der Waals surface area contributed by atoms with E-state index in [9.17, 15) is 0 Å². The molecule has 0 aliphatic heterocycles. The van der Waals surface area contributed by atoms with Gasteiger partial charge in [0.2, 0.25) is 5.88 Å². The third-order valence-corrected chi connectivity index (χ3v) is 2.90. The highest BCUT2D eigenvalue weighted by Crippen LogP contribution is 2.29. The van der Waals surface area contributed by atoms with Gasteiger partial charge in [0.15, 0.2) is 5.65 Å². The number of hydrogen-bond donors (Lipinski definition) is 1. The van der Waals surface area contributed by atoms with E-state index in [-0.39, 0.29) is 0 Å².